The summed E-state index contributed by atoms with van der Waals surface area (Å²) in [6, 6.07) is 26.3. The van der Waals surface area contributed by atoms with Gasteiger partial charge in [0.2, 0.25) is 0 Å². The maximum absolute atomic E-state index is 13.6. The number of esters is 1. The Bertz CT molecular complexity index is 1310. The van der Waals surface area contributed by atoms with E-state index in [1.807, 2.05) is 55.5 Å². The molecule has 5 heteroatoms. The number of Topliss-reactive ketones (excluding diaryl/α,β-unsaturated/α-hetero) is 1. The first-order valence-electron chi connectivity index (χ1n) is 11.8. The van der Waals surface area contributed by atoms with Crippen LogP contribution in [0.1, 0.15) is 48.3 Å². The third-order valence-electron chi connectivity index (χ3n) is 6.76. The van der Waals surface area contributed by atoms with Crippen molar-refractivity contribution in [1.82, 2.24) is 5.32 Å². The number of rotatable bonds is 5. The van der Waals surface area contributed by atoms with Gasteiger partial charge in [-0.05, 0) is 48.1 Å². The molecule has 35 heavy (non-hydrogen) atoms. The monoisotopic (exact) mass is 465 g/mol. The van der Waals surface area contributed by atoms with Gasteiger partial charge in [0.1, 0.15) is 12.4 Å². The van der Waals surface area contributed by atoms with Crippen LogP contribution in [0.2, 0.25) is 0 Å². The van der Waals surface area contributed by atoms with E-state index in [2.05, 4.69) is 17.4 Å². The molecular formula is C30H27NO4. The molecule has 0 amide bonds. The van der Waals surface area contributed by atoms with Gasteiger partial charge in [0, 0.05) is 29.3 Å². The molecule has 176 valence electrons. The van der Waals surface area contributed by atoms with Crippen LogP contribution in [0.3, 0.4) is 0 Å². The SMILES string of the molecule is CC1=C(C(=O)OCc2ccccc2)[C@@H](c2ccc(O)cc2)C2=C(C[C@H](c3ccccc3)CC2=O)N1. The number of allylic oxidation sites excluding steroid dienone is 3. The summed E-state index contributed by atoms with van der Waals surface area (Å²) >= 11 is 0. The second-order valence-corrected chi connectivity index (χ2v) is 9.08. The van der Waals surface area contributed by atoms with Gasteiger partial charge in [0.25, 0.3) is 0 Å². The van der Waals surface area contributed by atoms with E-state index in [4.69, 9.17) is 4.74 Å². The molecule has 0 saturated heterocycles. The number of nitrogens with one attached hydrogen (secondary N) is 1. The van der Waals surface area contributed by atoms with Crippen molar-refractivity contribution in [1.29, 1.82) is 0 Å². The Kier molecular flexibility index (Phi) is 6.23. The quantitative estimate of drug-likeness (QED) is 0.487. The minimum Gasteiger partial charge on any atom is -0.508 e. The van der Waals surface area contributed by atoms with Crippen LogP contribution in [0.15, 0.2) is 107 Å². The lowest BCUT2D eigenvalue weighted by atomic mass is 9.72. The molecule has 1 heterocycles. The molecule has 0 saturated carbocycles. The molecule has 5 nitrogen and oxygen atoms in total. The molecule has 3 aromatic rings. The summed E-state index contributed by atoms with van der Waals surface area (Å²) in [4.78, 5) is 27.0. The minimum atomic E-state index is -0.556. The zero-order chi connectivity index (χ0) is 24.4. The zero-order valence-corrected chi connectivity index (χ0v) is 19.5. The average molecular weight is 466 g/mol. The first kappa shape index (κ1) is 22.7. The van der Waals surface area contributed by atoms with Crippen LogP contribution < -0.4 is 5.32 Å². The van der Waals surface area contributed by atoms with Crippen molar-refractivity contribution >= 4 is 11.8 Å². The first-order valence-corrected chi connectivity index (χ1v) is 11.8. The number of hydrogen-bond donors (Lipinski definition) is 2. The largest absolute Gasteiger partial charge is 0.508 e. The molecule has 0 unspecified atom stereocenters. The van der Waals surface area contributed by atoms with E-state index in [0.717, 1.165) is 22.4 Å². The van der Waals surface area contributed by atoms with Crippen molar-refractivity contribution in [3.63, 3.8) is 0 Å². The minimum absolute atomic E-state index is 0.0199. The maximum Gasteiger partial charge on any atom is 0.337 e. The van der Waals surface area contributed by atoms with Gasteiger partial charge < -0.3 is 15.2 Å². The van der Waals surface area contributed by atoms with Gasteiger partial charge in [-0.15, -0.1) is 0 Å². The van der Waals surface area contributed by atoms with Crippen LogP contribution in [0.5, 0.6) is 5.75 Å². The lowest BCUT2D eigenvalue weighted by molar-refractivity contribution is -0.140. The molecule has 2 N–H and O–H groups in total. The Balaban J connectivity index is 1.51. The second kappa shape index (κ2) is 9.63. The predicted octanol–water partition coefficient (Wildman–Crippen LogP) is 5.50. The Morgan fingerprint density at radius 1 is 0.914 bits per heavy atom. The summed E-state index contributed by atoms with van der Waals surface area (Å²) in [5.41, 5.74) is 5.37. The summed E-state index contributed by atoms with van der Waals surface area (Å²) in [7, 11) is 0. The number of benzene rings is 3. The molecular weight excluding hydrogens is 438 g/mol. The lowest BCUT2D eigenvalue weighted by Crippen LogP contribution is -2.36. The molecule has 3 aromatic carbocycles. The molecule has 0 radical (unpaired) electrons. The maximum atomic E-state index is 13.6. The Labute approximate surface area is 204 Å². The van der Waals surface area contributed by atoms with Crippen molar-refractivity contribution < 1.29 is 19.4 Å². The molecule has 0 aromatic heterocycles. The van der Waals surface area contributed by atoms with E-state index < -0.39 is 11.9 Å². The molecule has 0 fully saturated rings. The van der Waals surface area contributed by atoms with Gasteiger partial charge in [-0.25, -0.2) is 4.79 Å². The predicted molar refractivity (Wildman–Crippen MR) is 133 cm³/mol. The Hall–Kier alpha value is -4.12. The highest BCUT2D eigenvalue weighted by Crippen LogP contribution is 2.45. The number of hydrogen-bond acceptors (Lipinski definition) is 5. The molecule has 1 aliphatic carbocycles. The van der Waals surface area contributed by atoms with E-state index in [1.165, 1.54) is 0 Å². The van der Waals surface area contributed by atoms with Crippen LogP contribution in [0, 0.1) is 0 Å². The molecule has 2 atom stereocenters. The topological polar surface area (TPSA) is 75.6 Å². The van der Waals surface area contributed by atoms with Crippen LogP contribution in [0.4, 0.5) is 0 Å². The smallest absolute Gasteiger partial charge is 0.337 e. The summed E-state index contributed by atoms with van der Waals surface area (Å²) in [5.74, 6) is -0.785. The fraction of sp³-hybridized carbons (Fsp3) is 0.200. The van der Waals surface area contributed by atoms with Crippen molar-refractivity contribution in [3.8, 4) is 5.75 Å². The Morgan fingerprint density at radius 3 is 2.26 bits per heavy atom. The van der Waals surface area contributed by atoms with E-state index in [-0.39, 0.29) is 24.1 Å². The van der Waals surface area contributed by atoms with Crippen molar-refractivity contribution in [2.75, 3.05) is 0 Å². The first-order chi connectivity index (χ1) is 17.0. The van der Waals surface area contributed by atoms with Gasteiger partial charge in [-0.1, -0.05) is 72.8 Å². The van der Waals surface area contributed by atoms with Crippen LogP contribution >= 0.6 is 0 Å². The lowest BCUT2D eigenvalue weighted by Gasteiger charge is -2.36. The third kappa shape index (κ3) is 4.62. The van der Waals surface area contributed by atoms with Crippen LogP contribution in [0.25, 0.3) is 0 Å². The van der Waals surface area contributed by atoms with E-state index >= 15 is 0 Å². The average Bonchev–Trinajstić information content (AvgIpc) is 2.88. The van der Waals surface area contributed by atoms with Gasteiger partial charge >= 0.3 is 5.97 Å². The standard InChI is InChI=1S/C30H27NO4/c1-19-27(30(34)35-18-20-8-4-2-5-9-20)28(22-12-14-24(32)15-13-22)29-25(31-19)16-23(17-26(29)33)21-10-6-3-7-11-21/h2-15,23,28,31-32H,16-18H2,1H3/t23-,28+/m0/s1. The fourth-order valence-electron chi connectivity index (χ4n) is 5.07. The number of dihydropyridines is 1. The number of ether oxygens (including phenoxy) is 1. The normalized spacial score (nSPS) is 19.7. The number of phenolic OH excluding ortho intramolecular Hbond substituents is 1. The second-order valence-electron chi connectivity index (χ2n) is 9.08. The molecule has 5 rings (SSSR count). The third-order valence-corrected chi connectivity index (χ3v) is 6.76. The number of ketones is 1. The zero-order valence-electron chi connectivity index (χ0n) is 19.5. The van der Waals surface area contributed by atoms with Crippen LogP contribution in [-0.2, 0) is 20.9 Å². The van der Waals surface area contributed by atoms with E-state index in [9.17, 15) is 14.7 Å². The van der Waals surface area contributed by atoms with E-state index in [0.29, 0.717) is 29.7 Å². The fourth-order valence-corrected chi connectivity index (χ4v) is 5.07. The highest BCUT2D eigenvalue weighted by atomic mass is 16.5. The van der Waals surface area contributed by atoms with E-state index in [1.54, 1.807) is 24.3 Å². The van der Waals surface area contributed by atoms with Gasteiger partial charge in [-0.2, -0.15) is 0 Å². The number of carbonyl (C=O) groups excluding carboxylic acids is 2. The molecule has 2 aliphatic rings. The van der Waals surface area contributed by atoms with Crippen molar-refractivity contribution in [2.45, 2.75) is 38.2 Å². The number of phenols is 1. The summed E-state index contributed by atoms with van der Waals surface area (Å²) in [6.45, 7) is 2.00. The number of aromatic hydroxyl groups is 1. The molecule has 0 spiro atoms. The number of carbonyl (C=O) groups is 2. The van der Waals surface area contributed by atoms with Crippen LogP contribution in [-0.4, -0.2) is 16.9 Å². The highest BCUT2D eigenvalue weighted by molar-refractivity contribution is 6.04. The molecule has 0 bridgehead atoms. The Morgan fingerprint density at radius 2 is 1.57 bits per heavy atom. The summed E-state index contributed by atoms with van der Waals surface area (Å²) < 4.78 is 5.70. The molecule has 1 aliphatic heterocycles. The summed E-state index contributed by atoms with van der Waals surface area (Å²) in [6.07, 6.45) is 1.06. The van der Waals surface area contributed by atoms with Gasteiger partial charge in [0.15, 0.2) is 5.78 Å². The van der Waals surface area contributed by atoms with Crippen molar-refractivity contribution in [3.05, 3.63) is 124 Å². The summed E-state index contributed by atoms with van der Waals surface area (Å²) in [5, 5.41) is 13.2. The highest BCUT2D eigenvalue weighted by Gasteiger charge is 2.41. The van der Waals surface area contributed by atoms with Gasteiger partial charge in [-0.3, -0.25) is 4.79 Å². The van der Waals surface area contributed by atoms with Gasteiger partial charge in [0.05, 0.1) is 5.57 Å². The van der Waals surface area contributed by atoms with Crippen molar-refractivity contribution in [2.24, 2.45) is 0 Å².